The fourth-order valence-electron chi connectivity index (χ4n) is 4.72. The van der Waals surface area contributed by atoms with E-state index >= 15 is 0 Å². The van der Waals surface area contributed by atoms with Gasteiger partial charge in [-0.25, -0.2) is 0 Å². The molecule has 30 heavy (non-hydrogen) atoms. The van der Waals surface area contributed by atoms with Crippen LogP contribution in [0, 0.1) is 27.7 Å². The number of hydrogen-bond donors (Lipinski definition) is 1. The Balaban J connectivity index is 2.36. The molecule has 2 aromatic rings. The summed E-state index contributed by atoms with van der Waals surface area (Å²) in [7, 11) is -2.08. The molecule has 3 rings (SSSR count). The molecule has 0 bridgehead atoms. The minimum atomic E-state index is -2.08. The summed E-state index contributed by atoms with van der Waals surface area (Å²) in [6.45, 7) is 21.7. The van der Waals surface area contributed by atoms with Crippen molar-refractivity contribution in [1.82, 2.24) is 5.32 Å². The number of hydrogen-bond acceptors (Lipinski definition) is 2. The van der Waals surface area contributed by atoms with Crippen molar-refractivity contribution in [2.24, 2.45) is 0 Å². The SMILES string of the molecule is Cc1cc(C)cc(C(O[Si](C)(C)C(C)(C)C)(c2cc(C)cc(C)c2)C2CCCN2)c1. The summed E-state index contributed by atoms with van der Waals surface area (Å²) in [5.41, 5.74) is 7.33. The predicted octanol–water partition coefficient (Wildman–Crippen LogP) is 6.94. The summed E-state index contributed by atoms with van der Waals surface area (Å²) in [5, 5.41) is 3.98. The molecule has 1 aliphatic rings. The third-order valence-corrected chi connectivity index (χ3v) is 11.5. The van der Waals surface area contributed by atoms with Gasteiger partial charge in [-0.05, 0) is 76.3 Å². The minimum Gasteiger partial charge on any atom is -0.402 e. The van der Waals surface area contributed by atoms with Crippen LogP contribution in [0.3, 0.4) is 0 Å². The third-order valence-electron chi connectivity index (χ3n) is 7.07. The van der Waals surface area contributed by atoms with Gasteiger partial charge in [0.25, 0.3) is 0 Å². The first-order valence-electron chi connectivity index (χ1n) is 11.5. The zero-order valence-electron chi connectivity index (χ0n) is 20.6. The first-order chi connectivity index (χ1) is 13.8. The van der Waals surface area contributed by atoms with E-state index in [0.717, 1.165) is 13.0 Å². The molecule has 0 amide bonds. The van der Waals surface area contributed by atoms with E-state index in [-0.39, 0.29) is 11.1 Å². The summed E-state index contributed by atoms with van der Waals surface area (Å²) in [6.07, 6.45) is 2.33. The Bertz CT molecular complexity index is 812. The van der Waals surface area contributed by atoms with Gasteiger partial charge in [-0.2, -0.15) is 0 Å². The molecule has 1 unspecified atom stereocenters. The number of rotatable bonds is 5. The van der Waals surface area contributed by atoms with Crippen LogP contribution in [0.5, 0.6) is 0 Å². The number of aryl methyl sites for hydroxylation is 4. The Morgan fingerprint density at radius 1 is 0.800 bits per heavy atom. The van der Waals surface area contributed by atoms with Crippen molar-refractivity contribution in [3.05, 3.63) is 69.8 Å². The maximum Gasteiger partial charge on any atom is 0.193 e. The molecule has 0 spiro atoms. The third kappa shape index (κ3) is 4.44. The molecule has 2 aromatic carbocycles. The summed E-state index contributed by atoms with van der Waals surface area (Å²) in [4.78, 5) is 0. The number of nitrogens with one attached hydrogen (secondary N) is 1. The standard InChI is InChI=1S/C27H41NOSi/c1-19-13-20(2)16-23(15-19)27(25-11-10-12-28-25,29-30(8,9)26(5,6)7)24-17-21(3)14-22(4)18-24/h13-18,25,28H,10-12H2,1-9H3. The molecule has 1 saturated heterocycles. The Hall–Kier alpha value is -1.42. The summed E-state index contributed by atoms with van der Waals surface area (Å²) in [6, 6.07) is 14.2. The summed E-state index contributed by atoms with van der Waals surface area (Å²) < 4.78 is 7.54. The molecule has 1 aliphatic heterocycles. The monoisotopic (exact) mass is 423 g/mol. The molecule has 0 radical (unpaired) electrons. The molecule has 1 atom stereocenters. The molecular weight excluding hydrogens is 382 g/mol. The Morgan fingerprint density at radius 2 is 1.23 bits per heavy atom. The first kappa shape index (κ1) is 23.2. The van der Waals surface area contributed by atoms with Crippen LogP contribution < -0.4 is 5.32 Å². The smallest absolute Gasteiger partial charge is 0.193 e. The molecule has 1 heterocycles. The van der Waals surface area contributed by atoms with Crippen molar-refractivity contribution in [2.75, 3.05) is 6.54 Å². The lowest BCUT2D eigenvalue weighted by atomic mass is 9.77. The molecule has 3 heteroatoms. The molecule has 0 aliphatic carbocycles. The Morgan fingerprint density at radius 3 is 1.57 bits per heavy atom. The summed E-state index contributed by atoms with van der Waals surface area (Å²) >= 11 is 0. The quantitative estimate of drug-likeness (QED) is 0.526. The highest BCUT2D eigenvalue weighted by Gasteiger charge is 2.51. The molecule has 2 nitrogen and oxygen atoms in total. The maximum atomic E-state index is 7.54. The van der Waals surface area contributed by atoms with E-state index in [1.54, 1.807) is 0 Å². The van der Waals surface area contributed by atoms with Gasteiger partial charge in [0, 0.05) is 6.04 Å². The van der Waals surface area contributed by atoms with Crippen LogP contribution in [0.15, 0.2) is 36.4 Å². The second kappa shape index (κ2) is 8.25. The van der Waals surface area contributed by atoms with E-state index in [9.17, 15) is 0 Å². The van der Waals surface area contributed by atoms with Crippen molar-refractivity contribution in [3.8, 4) is 0 Å². The van der Waals surface area contributed by atoms with Crippen molar-refractivity contribution in [3.63, 3.8) is 0 Å². The molecule has 1 fully saturated rings. The predicted molar refractivity (Wildman–Crippen MR) is 132 cm³/mol. The minimum absolute atomic E-state index is 0.134. The van der Waals surface area contributed by atoms with Crippen molar-refractivity contribution < 1.29 is 4.43 Å². The van der Waals surface area contributed by atoms with E-state index in [0.29, 0.717) is 0 Å². The van der Waals surface area contributed by atoms with E-state index in [1.165, 1.54) is 39.8 Å². The van der Waals surface area contributed by atoms with Crippen LogP contribution >= 0.6 is 0 Å². The Kier molecular flexibility index (Phi) is 6.40. The molecule has 0 aromatic heterocycles. The van der Waals surface area contributed by atoms with Crippen LogP contribution in [-0.2, 0) is 10.0 Å². The van der Waals surface area contributed by atoms with Gasteiger partial charge in [0.2, 0.25) is 0 Å². The lowest BCUT2D eigenvalue weighted by Crippen LogP contribution is -2.56. The lowest BCUT2D eigenvalue weighted by molar-refractivity contribution is 0.0560. The number of benzene rings is 2. The van der Waals surface area contributed by atoms with Crippen LogP contribution in [0.25, 0.3) is 0 Å². The van der Waals surface area contributed by atoms with Gasteiger partial charge in [-0.1, -0.05) is 79.4 Å². The normalized spacial score (nSPS) is 18.1. The van der Waals surface area contributed by atoms with Crippen LogP contribution in [0.1, 0.15) is 67.0 Å². The fourth-order valence-corrected chi connectivity index (χ4v) is 6.21. The van der Waals surface area contributed by atoms with Gasteiger partial charge in [0.05, 0.1) is 0 Å². The van der Waals surface area contributed by atoms with Gasteiger partial charge < -0.3 is 9.74 Å². The molecule has 0 saturated carbocycles. The van der Waals surface area contributed by atoms with Crippen LogP contribution in [0.2, 0.25) is 18.1 Å². The lowest BCUT2D eigenvalue weighted by Gasteiger charge is -2.49. The highest BCUT2D eigenvalue weighted by molar-refractivity contribution is 6.74. The fraction of sp³-hybridized carbons (Fsp3) is 0.556. The van der Waals surface area contributed by atoms with Gasteiger partial charge in [-0.3, -0.25) is 0 Å². The van der Waals surface area contributed by atoms with Crippen LogP contribution in [0.4, 0.5) is 0 Å². The van der Waals surface area contributed by atoms with E-state index in [2.05, 4.69) is 103 Å². The second-order valence-electron chi connectivity index (χ2n) is 11.0. The zero-order chi connectivity index (χ0) is 22.3. The molecule has 1 N–H and O–H groups in total. The summed E-state index contributed by atoms with van der Waals surface area (Å²) in [5.74, 6) is 0. The molecular formula is C27H41NOSi. The average molecular weight is 424 g/mol. The highest BCUT2D eigenvalue weighted by atomic mass is 28.4. The van der Waals surface area contributed by atoms with Crippen molar-refractivity contribution in [1.29, 1.82) is 0 Å². The topological polar surface area (TPSA) is 21.3 Å². The largest absolute Gasteiger partial charge is 0.402 e. The van der Waals surface area contributed by atoms with Crippen molar-refractivity contribution in [2.45, 2.75) is 91.1 Å². The van der Waals surface area contributed by atoms with Crippen molar-refractivity contribution >= 4 is 8.32 Å². The maximum absolute atomic E-state index is 7.54. The zero-order valence-corrected chi connectivity index (χ0v) is 21.6. The second-order valence-corrected chi connectivity index (χ2v) is 15.7. The van der Waals surface area contributed by atoms with E-state index < -0.39 is 13.9 Å². The van der Waals surface area contributed by atoms with Gasteiger partial charge in [0.1, 0.15) is 5.60 Å². The average Bonchev–Trinajstić information content (AvgIpc) is 3.11. The molecule has 164 valence electrons. The Labute approximate surface area is 185 Å². The van der Waals surface area contributed by atoms with E-state index in [1.807, 2.05) is 0 Å². The highest BCUT2D eigenvalue weighted by Crippen LogP contribution is 2.48. The first-order valence-corrected chi connectivity index (χ1v) is 14.4. The van der Waals surface area contributed by atoms with Gasteiger partial charge in [-0.15, -0.1) is 0 Å². The van der Waals surface area contributed by atoms with E-state index in [4.69, 9.17) is 4.43 Å². The van der Waals surface area contributed by atoms with Gasteiger partial charge >= 0.3 is 0 Å². The van der Waals surface area contributed by atoms with Crippen LogP contribution in [-0.4, -0.2) is 20.9 Å². The van der Waals surface area contributed by atoms with Gasteiger partial charge in [0.15, 0.2) is 8.32 Å².